The van der Waals surface area contributed by atoms with E-state index < -0.39 is 6.10 Å². The number of anilines is 1. The number of hydrogen-bond donors (Lipinski definition) is 3. The minimum absolute atomic E-state index is 0.0253. The minimum atomic E-state index is -0.650. The van der Waals surface area contributed by atoms with Crippen molar-refractivity contribution in [2.75, 3.05) is 10.6 Å². The van der Waals surface area contributed by atoms with Crippen molar-refractivity contribution >= 4 is 28.0 Å². The third-order valence-electron chi connectivity index (χ3n) is 1.77. The average Bonchev–Trinajstić information content (AvgIpc) is 2.20. The lowest BCUT2D eigenvalue weighted by Gasteiger charge is -2.09. The molecule has 5 heteroatoms. The number of aliphatic hydroxyl groups is 1. The highest BCUT2D eigenvalue weighted by Gasteiger charge is 2.08. The number of amides is 1. The molecule has 0 fully saturated rings. The average molecular weight is 260 g/mol. The predicted octanol–water partition coefficient (Wildman–Crippen LogP) is 1.39. The van der Waals surface area contributed by atoms with Crippen molar-refractivity contribution in [3.63, 3.8) is 0 Å². The summed E-state index contributed by atoms with van der Waals surface area (Å²) in [6.45, 7) is 0. The first-order chi connectivity index (χ1) is 6.69. The van der Waals surface area contributed by atoms with Gasteiger partial charge in [0.15, 0.2) is 0 Å². The molecule has 1 atom stereocenters. The summed E-state index contributed by atoms with van der Waals surface area (Å²) in [5.41, 5.74) is 0.918. The number of phenolic OH excluding ortho intramolecular Hbond substituents is 1. The third-order valence-corrected chi connectivity index (χ3v) is 2.38. The van der Waals surface area contributed by atoms with Crippen molar-refractivity contribution in [2.24, 2.45) is 0 Å². The Bertz CT molecular complexity index is 330. The summed E-state index contributed by atoms with van der Waals surface area (Å²) in [4.78, 5) is 10.2. The van der Waals surface area contributed by atoms with Crippen LogP contribution in [0.3, 0.4) is 0 Å². The van der Waals surface area contributed by atoms with Gasteiger partial charge in [-0.3, -0.25) is 4.79 Å². The Morgan fingerprint density at radius 1 is 1.57 bits per heavy atom. The van der Waals surface area contributed by atoms with Gasteiger partial charge in [-0.2, -0.15) is 0 Å². The summed E-state index contributed by atoms with van der Waals surface area (Å²) < 4.78 is 0. The van der Waals surface area contributed by atoms with Crippen molar-refractivity contribution < 1.29 is 15.0 Å². The fourth-order valence-electron chi connectivity index (χ4n) is 1.03. The molecule has 0 aliphatic rings. The molecule has 76 valence electrons. The van der Waals surface area contributed by atoms with Crippen LogP contribution < -0.4 is 5.32 Å². The molecule has 0 spiro atoms. The number of rotatable bonds is 4. The van der Waals surface area contributed by atoms with Crippen LogP contribution in [0.4, 0.5) is 5.69 Å². The largest absolute Gasteiger partial charge is 0.506 e. The first kappa shape index (κ1) is 11.0. The molecule has 0 bridgehead atoms. The summed E-state index contributed by atoms with van der Waals surface area (Å²) in [5.74, 6) is -0.0253. The molecular weight excluding hydrogens is 250 g/mol. The maximum absolute atomic E-state index is 10.2. The van der Waals surface area contributed by atoms with Gasteiger partial charge in [0.25, 0.3) is 0 Å². The number of benzene rings is 1. The third kappa shape index (κ3) is 2.46. The van der Waals surface area contributed by atoms with Crippen LogP contribution in [0.2, 0.25) is 0 Å². The lowest BCUT2D eigenvalue weighted by atomic mass is 10.1. The normalized spacial score (nSPS) is 12.1. The van der Waals surface area contributed by atoms with E-state index in [4.69, 9.17) is 0 Å². The van der Waals surface area contributed by atoms with Crippen molar-refractivity contribution in [3.8, 4) is 5.75 Å². The van der Waals surface area contributed by atoms with E-state index in [1.165, 1.54) is 12.1 Å². The Morgan fingerprint density at radius 2 is 2.29 bits per heavy atom. The van der Waals surface area contributed by atoms with Gasteiger partial charge in [-0.1, -0.05) is 22.0 Å². The van der Waals surface area contributed by atoms with Crippen LogP contribution in [0.15, 0.2) is 18.2 Å². The first-order valence-electron chi connectivity index (χ1n) is 3.96. The number of aromatic hydroxyl groups is 1. The highest BCUT2D eigenvalue weighted by molar-refractivity contribution is 9.09. The van der Waals surface area contributed by atoms with Gasteiger partial charge in [-0.05, 0) is 17.7 Å². The van der Waals surface area contributed by atoms with Gasteiger partial charge in [0.1, 0.15) is 5.75 Å². The lowest BCUT2D eigenvalue weighted by Crippen LogP contribution is -2.00. The van der Waals surface area contributed by atoms with E-state index in [2.05, 4.69) is 21.2 Å². The zero-order valence-corrected chi connectivity index (χ0v) is 8.86. The van der Waals surface area contributed by atoms with Gasteiger partial charge < -0.3 is 15.5 Å². The standard InChI is InChI=1S/C9H10BrNO3/c10-4-9(14)6-1-2-8(13)7(3-6)11-5-12/h1-3,5,9,13-14H,4H2,(H,11,12). The molecule has 0 saturated carbocycles. The van der Waals surface area contributed by atoms with Crippen LogP contribution in [0.25, 0.3) is 0 Å². The van der Waals surface area contributed by atoms with E-state index in [0.717, 1.165) is 0 Å². The van der Waals surface area contributed by atoms with E-state index in [0.29, 0.717) is 17.3 Å². The van der Waals surface area contributed by atoms with Crippen LogP contribution in [-0.4, -0.2) is 22.0 Å². The molecule has 3 N–H and O–H groups in total. The number of alkyl halides is 1. The molecule has 0 heterocycles. The number of nitrogens with one attached hydrogen (secondary N) is 1. The summed E-state index contributed by atoms with van der Waals surface area (Å²) >= 11 is 3.13. The van der Waals surface area contributed by atoms with Gasteiger partial charge in [-0.15, -0.1) is 0 Å². The lowest BCUT2D eigenvalue weighted by molar-refractivity contribution is -0.105. The monoisotopic (exact) mass is 259 g/mol. The maximum Gasteiger partial charge on any atom is 0.211 e. The number of aliphatic hydroxyl groups excluding tert-OH is 1. The minimum Gasteiger partial charge on any atom is -0.506 e. The summed E-state index contributed by atoms with van der Waals surface area (Å²) in [6, 6.07) is 4.54. The highest BCUT2D eigenvalue weighted by Crippen LogP contribution is 2.27. The molecule has 4 nitrogen and oxygen atoms in total. The van der Waals surface area contributed by atoms with Crippen molar-refractivity contribution in [3.05, 3.63) is 23.8 Å². The highest BCUT2D eigenvalue weighted by atomic mass is 79.9. The molecule has 0 aliphatic heterocycles. The molecule has 1 rings (SSSR count). The Hall–Kier alpha value is -1.07. The molecule has 1 unspecified atom stereocenters. The number of carbonyl (C=O) groups is 1. The van der Waals surface area contributed by atoms with Crippen LogP contribution in [-0.2, 0) is 4.79 Å². The molecule has 1 aromatic rings. The Balaban J connectivity index is 2.99. The van der Waals surface area contributed by atoms with Gasteiger partial charge in [-0.25, -0.2) is 0 Å². The number of carbonyl (C=O) groups excluding carboxylic acids is 1. The molecule has 0 aromatic heterocycles. The zero-order valence-electron chi connectivity index (χ0n) is 7.27. The van der Waals surface area contributed by atoms with E-state index in [1.807, 2.05) is 0 Å². The van der Waals surface area contributed by atoms with Gasteiger partial charge in [0.2, 0.25) is 6.41 Å². The van der Waals surface area contributed by atoms with Crippen LogP contribution in [0.5, 0.6) is 5.75 Å². The van der Waals surface area contributed by atoms with Gasteiger partial charge in [0.05, 0.1) is 11.8 Å². The predicted molar refractivity (Wildman–Crippen MR) is 56.5 cm³/mol. The number of hydrogen-bond acceptors (Lipinski definition) is 3. The topological polar surface area (TPSA) is 69.6 Å². The van der Waals surface area contributed by atoms with E-state index in [-0.39, 0.29) is 11.4 Å². The SMILES string of the molecule is O=CNc1cc(C(O)CBr)ccc1O. The summed E-state index contributed by atoms with van der Waals surface area (Å²) in [6.07, 6.45) is -0.179. The van der Waals surface area contributed by atoms with E-state index in [1.54, 1.807) is 6.07 Å². The summed E-state index contributed by atoms with van der Waals surface area (Å²) in [7, 11) is 0. The molecular formula is C9H10BrNO3. The molecule has 0 aliphatic carbocycles. The Kier molecular flexibility index (Phi) is 3.91. The smallest absolute Gasteiger partial charge is 0.211 e. The molecule has 1 aromatic carbocycles. The van der Waals surface area contributed by atoms with Crippen LogP contribution in [0, 0.1) is 0 Å². The maximum atomic E-state index is 10.2. The fraction of sp³-hybridized carbons (Fsp3) is 0.222. The number of halogens is 1. The van der Waals surface area contributed by atoms with Crippen LogP contribution in [0.1, 0.15) is 11.7 Å². The second-order valence-electron chi connectivity index (χ2n) is 2.71. The Morgan fingerprint density at radius 3 is 2.86 bits per heavy atom. The van der Waals surface area contributed by atoms with Crippen molar-refractivity contribution in [2.45, 2.75) is 6.10 Å². The first-order valence-corrected chi connectivity index (χ1v) is 5.08. The molecule has 1 amide bonds. The number of phenols is 1. The molecule has 0 saturated heterocycles. The van der Waals surface area contributed by atoms with Crippen LogP contribution >= 0.6 is 15.9 Å². The Labute approximate surface area is 89.7 Å². The van der Waals surface area contributed by atoms with Gasteiger partial charge >= 0.3 is 0 Å². The zero-order chi connectivity index (χ0) is 10.6. The van der Waals surface area contributed by atoms with E-state index >= 15 is 0 Å². The molecule has 14 heavy (non-hydrogen) atoms. The molecule has 0 radical (unpaired) electrons. The second-order valence-corrected chi connectivity index (χ2v) is 3.36. The van der Waals surface area contributed by atoms with E-state index in [9.17, 15) is 15.0 Å². The quantitative estimate of drug-likeness (QED) is 0.435. The summed E-state index contributed by atoms with van der Waals surface area (Å²) in [5, 5.41) is 21.5. The fourth-order valence-corrected chi connectivity index (χ4v) is 1.40. The second kappa shape index (κ2) is 4.97. The van der Waals surface area contributed by atoms with Crippen molar-refractivity contribution in [1.82, 2.24) is 0 Å². The van der Waals surface area contributed by atoms with Crippen molar-refractivity contribution in [1.29, 1.82) is 0 Å². The van der Waals surface area contributed by atoms with Gasteiger partial charge in [0, 0.05) is 5.33 Å².